The van der Waals surface area contributed by atoms with Crippen molar-refractivity contribution in [1.82, 2.24) is 5.32 Å². The zero-order valence-electron chi connectivity index (χ0n) is 20.8. The van der Waals surface area contributed by atoms with Crippen molar-refractivity contribution in [3.63, 3.8) is 0 Å². The van der Waals surface area contributed by atoms with Gasteiger partial charge >= 0.3 is 5.97 Å². The number of nitriles is 1. The number of amides is 1. The van der Waals surface area contributed by atoms with E-state index in [0.29, 0.717) is 24.5 Å². The number of nitrogens with zero attached hydrogens (tertiary/aromatic N) is 1. The number of rotatable bonds is 11. The van der Waals surface area contributed by atoms with E-state index in [9.17, 15) is 14.9 Å². The third-order valence-corrected chi connectivity index (χ3v) is 5.15. The number of nitrogens with one attached hydrogen (secondary N) is 1. The van der Waals surface area contributed by atoms with Gasteiger partial charge in [-0.1, -0.05) is 55.5 Å². The zero-order chi connectivity index (χ0) is 26.5. The minimum Gasteiger partial charge on any atom is -0.493 e. The monoisotopic (exact) mass is 496 g/mol. The number of carbonyl (C=O) groups excluding carboxylic acids is 2. The Morgan fingerprint density at radius 3 is 2.38 bits per heavy atom. The molecule has 0 aliphatic rings. The summed E-state index contributed by atoms with van der Waals surface area (Å²) in [4.78, 5) is 24.5. The van der Waals surface area contributed by atoms with Crippen LogP contribution in [0.2, 0.25) is 0 Å². The molecule has 1 amide bonds. The number of hydrogen-bond donors (Lipinski definition) is 1. The number of esters is 1. The quantitative estimate of drug-likeness (QED) is 0.167. The second-order valence-corrected chi connectivity index (χ2v) is 7.93. The molecule has 0 unspecified atom stereocenters. The number of carbonyl (C=O) groups is 2. The van der Waals surface area contributed by atoms with Crippen LogP contribution in [0.3, 0.4) is 0 Å². The van der Waals surface area contributed by atoms with E-state index in [2.05, 4.69) is 5.32 Å². The number of benzene rings is 3. The van der Waals surface area contributed by atoms with Crippen LogP contribution in [-0.4, -0.2) is 25.5 Å². The Balaban J connectivity index is 1.60. The summed E-state index contributed by atoms with van der Waals surface area (Å²) in [5, 5.41) is 12.0. The summed E-state index contributed by atoms with van der Waals surface area (Å²) in [7, 11) is 1.44. The molecule has 3 rings (SSSR count). The molecule has 0 heterocycles. The highest BCUT2D eigenvalue weighted by Crippen LogP contribution is 2.29. The fourth-order valence-electron chi connectivity index (χ4n) is 3.23. The largest absolute Gasteiger partial charge is 0.493 e. The van der Waals surface area contributed by atoms with Gasteiger partial charge in [-0.15, -0.1) is 0 Å². The van der Waals surface area contributed by atoms with Crippen molar-refractivity contribution in [3.05, 3.63) is 101 Å². The van der Waals surface area contributed by atoms with Gasteiger partial charge < -0.3 is 19.5 Å². The lowest BCUT2D eigenvalue weighted by Gasteiger charge is -2.09. The van der Waals surface area contributed by atoms with Gasteiger partial charge in [-0.05, 0) is 59.5 Å². The molecule has 3 aromatic rings. The molecule has 0 radical (unpaired) electrons. The third kappa shape index (κ3) is 8.41. The molecule has 0 saturated carbocycles. The zero-order valence-corrected chi connectivity index (χ0v) is 20.8. The lowest BCUT2D eigenvalue weighted by molar-refractivity contribution is -0.129. The van der Waals surface area contributed by atoms with Crippen LogP contribution < -0.4 is 19.5 Å². The van der Waals surface area contributed by atoms with Crippen LogP contribution in [0.25, 0.3) is 12.2 Å². The molecule has 3 aromatic carbocycles. The van der Waals surface area contributed by atoms with E-state index in [1.165, 1.54) is 19.3 Å². The second-order valence-electron chi connectivity index (χ2n) is 7.93. The first-order valence-electron chi connectivity index (χ1n) is 11.8. The van der Waals surface area contributed by atoms with Gasteiger partial charge in [-0.25, -0.2) is 4.79 Å². The minimum absolute atomic E-state index is 0.0281. The van der Waals surface area contributed by atoms with Gasteiger partial charge in [0.2, 0.25) is 0 Å². The molecule has 0 aliphatic carbocycles. The van der Waals surface area contributed by atoms with Crippen LogP contribution in [0.4, 0.5) is 0 Å². The Morgan fingerprint density at radius 2 is 1.70 bits per heavy atom. The van der Waals surface area contributed by atoms with Crippen molar-refractivity contribution in [1.29, 1.82) is 5.26 Å². The fraction of sp³-hybridized carbons (Fsp3) is 0.167. The lowest BCUT2D eigenvalue weighted by Crippen LogP contribution is -2.25. The van der Waals surface area contributed by atoms with Gasteiger partial charge in [-0.3, -0.25) is 4.79 Å². The highest BCUT2D eigenvalue weighted by Gasteiger charge is 2.12. The van der Waals surface area contributed by atoms with E-state index in [0.717, 1.165) is 23.3 Å². The van der Waals surface area contributed by atoms with E-state index in [1.807, 2.05) is 67.6 Å². The van der Waals surface area contributed by atoms with Crippen molar-refractivity contribution in [2.24, 2.45) is 0 Å². The number of hydrogen-bond acceptors (Lipinski definition) is 6. The molecule has 0 aromatic heterocycles. The van der Waals surface area contributed by atoms with Crippen LogP contribution in [0.5, 0.6) is 17.2 Å². The van der Waals surface area contributed by atoms with Crippen molar-refractivity contribution >= 4 is 24.0 Å². The summed E-state index contributed by atoms with van der Waals surface area (Å²) in [5.41, 5.74) is 2.42. The van der Waals surface area contributed by atoms with Crippen molar-refractivity contribution in [2.45, 2.75) is 20.0 Å². The average molecular weight is 497 g/mol. The lowest BCUT2D eigenvalue weighted by atomic mass is 10.1. The molecule has 188 valence electrons. The number of ether oxygens (including phenoxy) is 3. The Morgan fingerprint density at radius 1 is 0.973 bits per heavy atom. The van der Waals surface area contributed by atoms with E-state index in [4.69, 9.17) is 14.2 Å². The summed E-state index contributed by atoms with van der Waals surface area (Å²) < 4.78 is 16.5. The molecule has 0 saturated heterocycles. The van der Waals surface area contributed by atoms with E-state index < -0.39 is 11.9 Å². The summed E-state index contributed by atoms with van der Waals surface area (Å²) in [6.45, 7) is 2.88. The molecule has 7 heteroatoms. The number of methoxy groups -OCH3 is 1. The van der Waals surface area contributed by atoms with E-state index in [-0.39, 0.29) is 11.3 Å². The van der Waals surface area contributed by atoms with E-state index in [1.54, 1.807) is 24.3 Å². The van der Waals surface area contributed by atoms with Crippen LogP contribution in [0, 0.1) is 11.3 Å². The molecule has 37 heavy (non-hydrogen) atoms. The highest BCUT2D eigenvalue weighted by molar-refractivity contribution is 6.01. The Bertz CT molecular complexity index is 1310. The molecule has 0 spiro atoms. The van der Waals surface area contributed by atoms with Crippen LogP contribution >= 0.6 is 0 Å². The van der Waals surface area contributed by atoms with Gasteiger partial charge in [0, 0.05) is 12.6 Å². The first-order chi connectivity index (χ1) is 18.0. The van der Waals surface area contributed by atoms with Crippen LogP contribution in [0.1, 0.15) is 30.0 Å². The molecule has 7 nitrogen and oxygen atoms in total. The second kappa shape index (κ2) is 13.9. The summed E-state index contributed by atoms with van der Waals surface area (Å²) in [5.74, 6) is 0.210. The van der Waals surface area contributed by atoms with E-state index >= 15 is 0 Å². The first kappa shape index (κ1) is 26.8. The highest BCUT2D eigenvalue weighted by atomic mass is 16.6. The predicted octanol–water partition coefficient (Wildman–Crippen LogP) is 5.33. The maximum atomic E-state index is 12.4. The third-order valence-electron chi connectivity index (χ3n) is 5.15. The molecular weight excluding hydrogens is 468 g/mol. The Labute approximate surface area is 216 Å². The standard InChI is InChI=1S/C30H28N2O5/c1-3-17-32-30(34)25(20-31)18-24-11-15-27(28(19-24)35-2)37-29(33)16-12-22-9-13-26(14-10-22)36-21-23-7-5-4-6-8-23/h4-16,18-19H,3,17,21H2,1-2H3,(H,32,34). The Kier molecular flexibility index (Phi) is 10.1. The maximum Gasteiger partial charge on any atom is 0.336 e. The predicted molar refractivity (Wildman–Crippen MR) is 142 cm³/mol. The molecule has 0 fully saturated rings. The van der Waals surface area contributed by atoms with Crippen molar-refractivity contribution in [2.75, 3.05) is 13.7 Å². The Hall–Kier alpha value is -4.83. The summed E-state index contributed by atoms with van der Waals surface area (Å²) in [6.07, 6.45) is 5.17. The van der Waals surface area contributed by atoms with Crippen molar-refractivity contribution < 1.29 is 23.8 Å². The van der Waals surface area contributed by atoms with Gasteiger partial charge in [0.25, 0.3) is 5.91 Å². The molecule has 0 bridgehead atoms. The maximum absolute atomic E-state index is 12.4. The molecule has 0 aliphatic heterocycles. The van der Waals surface area contributed by atoms with Gasteiger partial charge in [0.15, 0.2) is 11.5 Å². The van der Waals surface area contributed by atoms with Crippen LogP contribution in [-0.2, 0) is 16.2 Å². The van der Waals surface area contributed by atoms with Gasteiger partial charge in [0.05, 0.1) is 7.11 Å². The summed E-state index contributed by atoms with van der Waals surface area (Å²) >= 11 is 0. The fourth-order valence-corrected chi connectivity index (χ4v) is 3.23. The molecular formula is C30H28N2O5. The SMILES string of the molecule is CCCNC(=O)C(C#N)=Cc1ccc(OC(=O)C=Cc2ccc(OCc3ccccc3)cc2)c(OC)c1. The van der Waals surface area contributed by atoms with Crippen LogP contribution in [0.15, 0.2) is 84.4 Å². The molecule has 0 atom stereocenters. The normalized spacial score (nSPS) is 11.0. The minimum atomic E-state index is -0.581. The summed E-state index contributed by atoms with van der Waals surface area (Å²) in [6, 6.07) is 23.9. The van der Waals surface area contributed by atoms with Gasteiger partial charge in [-0.2, -0.15) is 5.26 Å². The topological polar surface area (TPSA) is 97.7 Å². The van der Waals surface area contributed by atoms with Gasteiger partial charge in [0.1, 0.15) is 24.0 Å². The smallest absolute Gasteiger partial charge is 0.336 e. The first-order valence-corrected chi connectivity index (χ1v) is 11.8. The van der Waals surface area contributed by atoms with Crippen molar-refractivity contribution in [3.8, 4) is 23.3 Å². The average Bonchev–Trinajstić information content (AvgIpc) is 2.94. The molecule has 1 N–H and O–H groups in total.